The van der Waals surface area contributed by atoms with Gasteiger partial charge in [0.1, 0.15) is 0 Å². The molecular weight excluding hydrogens is 729 g/mol. The standard InChI is InChI=1S/C45H39O6P3/c46-40(47)43(52(34-19-7-1-8-20-34)35-21-9-2-10-22-35)31-44(41(48)49,53(36-23-11-3-12-24-36)37-25-13-4-14-26-37)33-45(32-43,42(50)51)54(38-27-15-5-16-28-38)39-29-17-6-18-30-39/h1-30H,31-33H2,(H,46,47)(H,48,49)(H,50,51). The van der Waals surface area contributed by atoms with Gasteiger partial charge in [-0.3, -0.25) is 14.4 Å². The van der Waals surface area contributed by atoms with E-state index in [-0.39, 0.29) is 19.3 Å². The van der Waals surface area contributed by atoms with Gasteiger partial charge in [-0.25, -0.2) is 0 Å². The highest BCUT2D eigenvalue weighted by atomic mass is 31.1. The molecule has 0 saturated heterocycles. The molecule has 1 fully saturated rings. The maximum atomic E-state index is 14.7. The van der Waals surface area contributed by atoms with Gasteiger partial charge in [-0.05, 0) is 74.9 Å². The van der Waals surface area contributed by atoms with Crippen LogP contribution in [0.5, 0.6) is 0 Å². The van der Waals surface area contributed by atoms with E-state index < -0.39 is 57.1 Å². The van der Waals surface area contributed by atoms with Crippen LogP contribution < -0.4 is 31.8 Å². The van der Waals surface area contributed by atoms with Crippen LogP contribution in [0.2, 0.25) is 0 Å². The third-order valence-electron chi connectivity index (χ3n) is 10.3. The Bertz CT molecular complexity index is 1830. The van der Waals surface area contributed by atoms with Crippen LogP contribution in [-0.4, -0.2) is 48.7 Å². The summed E-state index contributed by atoms with van der Waals surface area (Å²) in [5, 5.41) is 35.0. The fourth-order valence-corrected chi connectivity index (χ4v) is 18.4. The summed E-state index contributed by atoms with van der Waals surface area (Å²) in [6, 6.07) is 56.4. The fraction of sp³-hybridized carbons (Fsp3) is 0.133. The normalized spacial score (nSPS) is 21.2. The molecule has 1 aliphatic carbocycles. The third-order valence-corrected chi connectivity index (χ3v) is 19.3. The van der Waals surface area contributed by atoms with Crippen molar-refractivity contribution in [2.24, 2.45) is 0 Å². The zero-order valence-electron chi connectivity index (χ0n) is 29.3. The first kappa shape index (κ1) is 37.3. The number of carbonyl (C=O) groups is 3. The Labute approximate surface area is 318 Å². The number of rotatable bonds is 12. The Morgan fingerprint density at radius 1 is 0.315 bits per heavy atom. The lowest BCUT2D eigenvalue weighted by Gasteiger charge is -2.57. The number of hydrogen-bond acceptors (Lipinski definition) is 3. The molecule has 0 radical (unpaired) electrons. The molecule has 6 aromatic carbocycles. The molecule has 0 bridgehead atoms. The molecule has 6 nitrogen and oxygen atoms in total. The van der Waals surface area contributed by atoms with Gasteiger partial charge in [-0.1, -0.05) is 182 Å². The van der Waals surface area contributed by atoms with Gasteiger partial charge < -0.3 is 15.3 Å². The molecule has 270 valence electrons. The highest BCUT2D eigenvalue weighted by Crippen LogP contribution is 2.72. The van der Waals surface area contributed by atoms with Gasteiger partial charge in [0.05, 0.1) is 15.5 Å². The van der Waals surface area contributed by atoms with Gasteiger partial charge in [-0.2, -0.15) is 0 Å². The number of benzene rings is 6. The van der Waals surface area contributed by atoms with E-state index in [4.69, 9.17) is 0 Å². The van der Waals surface area contributed by atoms with Crippen LogP contribution in [0.3, 0.4) is 0 Å². The topological polar surface area (TPSA) is 112 Å². The van der Waals surface area contributed by atoms with E-state index in [1.807, 2.05) is 182 Å². The molecule has 0 spiro atoms. The molecule has 0 unspecified atom stereocenters. The molecule has 6 aromatic rings. The molecule has 54 heavy (non-hydrogen) atoms. The predicted molar refractivity (Wildman–Crippen MR) is 222 cm³/mol. The summed E-state index contributed by atoms with van der Waals surface area (Å²) in [4.78, 5) is 44.2. The van der Waals surface area contributed by atoms with Gasteiger partial charge in [0.15, 0.2) is 0 Å². The molecule has 7 rings (SSSR count). The van der Waals surface area contributed by atoms with E-state index in [1.54, 1.807) is 0 Å². The number of carboxylic acid groups (broad SMARTS) is 3. The SMILES string of the molecule is O=C(O)C1(P(c2ccccc2)c2ccccc2)CC(C(=O)O)(P(c2ccccc2)c2ccccc2)CC(C(=O)O)(P(c2ccccc2)c2ccccc2)C1. The number of hydrogen-bond donors (Lipinski definition) is 3. The minimum absolute atomic E-state index is 0.266. The van der Waals surface area contributed by atoms with Crippen LogP contribution in [0, 0.1) is 0 Å². The molecule has 0 amide bonds. The van der Waals surface area contributed by atoms with Crippen molar-refractivity contribution in [2.45, 2.75) is 34.7 Å². The van der Waals surface area contributed by atoms with Gasteiger partial charge in [0.25, 0.3) is 0 Å². The summed E-state index contributed by atoms with van der Waals surface area (Å²) in [7, 11) is -5.67. The van der Waals surface area contributed by atoms with Gasteiger partial charge in [0.2, 0.25) is 0 Å². The van der Waals surface area contributed by atoms with Crippen LogP contribution in [0.15, 0.2) is 182 Å². The zero-order chi connectivity index (χ0) is 37.8. The lowest BCUT2D eigenvalue weighted by atomic mass is 9.73. The third kappa shape index (κ3) is 6.80. The van der Waals surface area contributed by atoms with Gasteiger partial charge >= 0.3 is 17.9 Å². The Kier molecular flexibility index (Phi) is 10.9. The van der Waals surface area contributed by atoms with E-state index in [0.717, 1.165) is 31.8 Å². The maximum absolute atomic E-state index is 14.7. The molecular formula is C45H39O6P3. The monoisotopic (exact) mass is 768 g/mol. The van der Waals surface area contributed by atoms with Crippen molar-refractivity contribution in [3.63, 3.8) is 0 Å². The molecule has 3 N–H and O–H groups in total. The van der Waals surface area contributed by atoms with Crippen molar-refractivity contribution in [3.05, 3.63) is 182 Å². The van der Waals surface area contributed by atoms with E-state index >= 15 is 0 Å². The second kappa shape index (κ2) is 15.8. The van der Waals surface area contributed by atoms with Gasteiger partial charge in [-0.15, -0.1) is 0 Å². The summed E-state index contributed by atoms with van der Waals surface area (Å²) in [6.07, 6.45) is -0.799. The minimum atomic E-state index is -1.89. The maximum Gasteiger partial charge on any atom is 0.314 e. The Balaban J connectivity index is 1.64. The van der Waals surface area contributed by atoms with Crippen LogP contribution in [-0.2, 0) is 14.4 Å². The lowest BCUT2D eigenvalue weighted by molar-refractivity contribution is -0.149. The first-order chi connectivity index (χ1) is 26.2. The van der Waals surface area contributed by atoms with E-state index in [1.165, 1.54) is 0 Å². The number of carboxylic acids is 3. The summed E-state index contributed by atoms with van der Waals surface area (Å²) >= 11 is 0. The fourth-order valence-electron chi connectivity index (χ4n) is 8.25. The average Bonchev–Trinajstić information content (AvgIpc) is 3.20. The van der Waals surface area contributed by atoms with E-state index in [0.29, 0.717) is 0 Å². The largest absolute Gasteiger partial charge is 0.481 e. The lowest BCUT2D eigenvalue weighted by Crippen LogP contribution is -2.65. The first-order valence-electron chi connectivity index (χ1n) is 17.6. The molecule has 0 atom stereocenters. The second-order valence-electron chi connectivity index (χ2n) is 13.6. The van der Waals surface area contributed by atoms with Crippen molar-refractivity contribution in [2.75, 3.05) is 0 Å². The highest BCUT2D eigenvalue weighted by molar-refractivity contribution is 7.77. The molecule has 0 aromatic heterocycles. The Hall–Kier alpha value is -4.98. The molecule has 0 aliphatic heterocycles. The summed E-state index contributed by atoms with van der Waals surface area (Å²) in [5.74, 6) is -3.57. The Morgan fingerprint density at radius 3 is 0.593 bits per heavy atom. The quantitative estimate of drug-likeness (QED) is 0.115. The molecule has 0 heterocycles. The minimum Gasteiger partial charge on any atom is -0.481 e. The van der Waals surface area contributed by atoms with Crippen LogP contribution in [0.1, 0.15) is 19.3 Å². The van der Waals surface area contributed by atoms with E-state index in [9.17, 15) is 29.7 Å². The van der Waals surface area contributed by atoms with Crippen LogP contribution in [0.25, 0.3) is 0 Å². The molecule has 9 heteroatoms. The zero-order valence-corrected chi connectivity index (χ0v) is 32.0. The first-order valence-corrected chi connectivity index (χ1v) is 21.7. The average molecular weight is 769 g/mol. The van der Waals surface area contributed by atoms with Crippen LogP contribution in [0.4, 0.5) is 0 Å². The van der Waals surface area contributed by atoms with Crippen molar-refractivity contribution < 1.29 is 29.7 Å². The van der Waals surface area contributed by atoms with E-state index in [2.05, 4.69) is 0 Å². The summed E-state index contributed by atoms with van der Waals surface area (Å²) in [5.41, 5.74) is 0. The predicted octanol–water partition coefficient (Wildman–Crippen LogP) is 7.04. The van der Waals surface area contributed by atoms with Crippen molar-refractivity contribution in [1.82, 2.24) is 0 Å². The summed E-state index contributed by atoms with van der Waals surface area (Å²) in [6.45, 7) is 0. The van der Waals surface area contributed by atoms with Gasteiger partial charge in [0, 0.05) is 0 Å². The Morgan fingerprint density at radius 2 is 0.463 bits per heavy atom. The molecule has 1 aliphatic rings. The second-order valence-corrected chi connectivity index (χ2v) is 21.2. The van der Waals surface area contributed by atoms with Crippen LogP contribution >= 0.6 is 23.8 Å². The summed E-state index contributed by atoms with van der Waals surface area (Å²) < 4.78 is 0. The van der Waals surface area contributed by atoms with Crippen molar-refractivity contribution >= 4 is 73.5 Å². The van der Waals surface area contributed by atoms with Crippen molar-refractivity contribution in [1.29, 1.82) is 0 Å². The smallest absolute Gasteiger partial charge is 0.314 e. The highest BCUT2D eigenvalue weighted by Gasteiger charge is 2.70. The van der Waals surface area contributed by atoms with Crippen molar-refractivity contribution in [3.8, 4) is 0 Å². The number of aliphatic carboxylic acids is 3. The molecule has 1 saturated carbocycles.